The molecule has 0 radical (unpaired) electrons. The van der Waals surface area contributed by atoms with Crippen molar-refractivity contribution < 1.29 is 0 Å². The molecule has 0 fully saturated rings. The molecule has 0 aliphatic rings. The molecule has 1 aromatic heterocycles. The summed E-state index contributed by atoms with van der Waals surface area (Å²) in [6.07, 6.45) is 2.14. The summed E-state index contributed by atoms with van der Waals surface area (Å²) in [6.45, 7) is 10.6. The minimum atomic E-state index is 0.122. The molecule has 110 valence electrons. The van der Waals surface area contributed by atoms with Crippen LogP contribution in [0.1, 0.15) is 32.0 Å². The van der Waals surface area contributed by atoms with Crippen molar-refractivity contribution >= 4 is 17.6 Å². The van der Waals surface area contributed by atoms with Crippen LogP contribution in [0.5, 0.6) is 0 Å². The highest BCUT2D eigenvalue weighted by Gasteiger charge is 2.18. The number of aryl methyl sites for hydroxylation is 2. The van der Waals surface area contributed by atoms with Gasteiger partial charge in [-0.05, 0) is 34.0 Å². The second kappa shape index (κ2) is 6.66. The number of hydrogen-bond donors (Lipinski definition) is 1. The molecule has 1 aromatic rings. The van der Waals surface area contributed by atoms with E-state index in [1.807, 2.05) is 23.5 Å². The molecule has 1 N–H and O–H groups in total. The topological polar surface area (TPSA) is 33.1 Å². The Morgan fingerprint density at radius 2 is 2.00 bits per heavy atom. The van der Waals surface area contributed by atoms with E-state index in [0.717, 1.165) is 24.5 Å². The minimum Gasteiger partial charge on any atom is -0.359 e. The summed E-state index contributed by atoms with van der Waals surface area (Å²) in [5, 5.41) is 8.13. The summed E-state index contributed by atoms with van der Waals surface area (Å²) in [5.41, 5.74) is 2.54. The van der Waals surface area contributed by atoms with Crippen LogP contribution in [0, 0.1) is 6.92 Å². The van der Waals surface area contributed by atoms with Crippen molar-refractivity contribution in [1.29, 1.82) is 0 Å². The number of rotatable bonds is 6. The van der Waals surface area contributed by atoms with E-state index in [0.29, 0.717) is 0 Å². The van der Waals surface area contributed by atoms with Crippen LogP contribution in [0.3, 0.4) is 0 Å². The lowest BCUT2D eigenvalue weighted by atomic mass is 10.1. The molecule has 1 heterocycles. The number of hydrogen-bond acceptors (Lipinski definition) is 4. The SMILES string of the molecule is CSCCN(C)c1c(CNC(C)(C)C)c(C)nn1C. The molecule has 0 spiro atoms. The van der Waals surface area contributed by atoms with Crippen molar-refractivity contribution in [2.75, 3.05) is 30.5 Å². The van der Waals surface area contributed by atoms with Gasteiger partial charge in [0.15, 0.2) is 0 Å². The fourth-order valence-corrected chi connectivity index (χ4v) is 2.52. The van der Waals surface area contributed by atoms with Crippen molar-refractivity contribution in [3.63, 3.8) is 0 Å². The first-order valence-corrected chi connectivity index (χ1v) is 8.13. The molecular formula is C14H28N4S. The highest BCUT2D eigenvalue weighted by molar-refractivity contribution is 7.98. The van der Waals surface area contributed by atoms with Gasteiger partial charge >= 0.3 is 0 Å². The van der Waals surface area contributed by atoms with Gasteiger partial charge in [-0.1, -0.05) is 0 Å². The Morgan fingerprint density at radius 1 is 1.37 bits per heavy atom. The third-order valence-corrected chi connectivity index (χ3v) is 3.69. The third-order valence-electron chi connectivity index (χ3n) is 3.10. The van der Waals surface area contributed by atoms with E-state index in [-0.39, 0.29) is 5.54 Å². The lowest BCUT2D eigenvalue weighted by Gasteiger charge is -2.24. The Kier molecular flexibility index (Phi) is 5.74. The van der Waals surface area contributed by atoms with Gasteiger partial charge in [0.1, 0.15) is 5.82 Å². The fourth-order valence-electron chi connectivity index (χ4n) is 2.06. The van der Waals surface area contributed by atoms with Gasteiger partial charge in [-0.25, -0.2) is 0 Å². The Hall–Kier alpha value is -0.680. The number of thioether (sulfide) groups is 1. The van der Waals surface area contributed by atoms with Gasteiger partial charge in [0, 0.05) is 44.0 Å². The Morgan fingerprint density at radius 3 is 2.53 bits per heavy atom. The summed E-state index contributed by atoms with van der Waals surface area (Å²) < 4.78 is 2.00. The van der Waals surface area contributed by atoms with Crippen molar-refractivity contribution in [2.24, 2.45) is 7.05 Å². The fraction of sp³-hybridized carbons (Fsp3) is 0.786. The van der Waals surface area contributed by atoms with Crippen LogP contribution < -0.4 is 10.2 Å². The molecule has 0 saturated carbocycles. The molecule has 0 amide bonds. The quantitative estimate of drug-likeness (QED) is 0.870. The van der Waals surface area contributed by atoms with Crippen LogP contribution in [-0.4, -0.2) is 40.9 Å². The summed E-state index contributed by atoms with van der Waals surface area (Å²) in [4.78, 5) is 2.30. The molecule has 0 aliphatic heterocycles. The van der Waals surface area contributed by atoms with E-state index in [2.05, 4.69) is 56.3 Å². The van der Waals surface area contributed by atoms with Crippen LogP contribution in [0.15, 0.2) is 0 Å². The van der Waals surface area contributed by atoms with E-state index in [1.165, 1.54) is 11.4 Å². The van der Waals surface area contributed by atoms with Gasteiger partial charge in [0.2, 0.25) is 0 Å². The van der Waals surface area contributed by atoms with E-state index in [4.69, 9.17) is 0 Å². The Bertz CT molecular complexity index is 406. The lowest BCUT2D eigenvalue weighted by molar-refractivity contribution is 0.424. The first kappa shape index (κ1) is 16.4. The largest absolute Gasteiger partial charge is 0.359 e. The first-order valence-electron chi connectivity index (χ1n) is 6.74. The lowest BCUT2D eigenvalue weighted by Crippen LogP contribution is -2.35. The summed E-state index contributed by atoms with van der Waals surface area (Å²) in [5.74, 6) is 2.36. The normalized spacial score (nSPS) is 11.9. The minimum absolute atomic E-state index is 0.122. The van der Waals surface area contributed by atoms with Crippen LogP contribution >= 0.6 is 11.8 Å². The van der Waals surface area contributed by atoms with Crippen LogP contribution in [-0.2, 0) is 13.6 Å². The smallest absolute Gasteiger partial charge is 0.131 e. The average Bonchev–Trinajstić information content (AvgIpc) is 2.57. The zero-order valence-electron chi connectivity index (χ0n) is 13.4. The highest BCUT2D eigenvalue weighted by Crippen LogP contribution is 2.23. The van der Waals surface area contributed by atoms with Crippen LogP contribution in [0.25, 0.3) is 0 Å². The maximum absolute atomic E-state index is 4.57. The Balaban J connectivity index is 2.90. The molecule has 0 bridgehead atoms. The van der Waals surface area contributed by atoms with Crippen molar-refractivity contribution in [3.05, 3.63) is 11.3 Å². The van der Waals surface area contributed by atoms with E-state index in [9.17, 15) is 0 Å². The van der Waals surface area contributed by atoms with Gasteiger partial charge in [-0.15, -0.1) is 0 Å². The van der Waals surface area contributed by atoms with Crippen LogP contribution in [0.2, 0.25) is 0 Å². The number of nitrogens with one attached hydrogen (secondary N) is 1. The molecule has 19 heavy (non-hydrogen) atoms. The van der Waals surface area contributed by atoms with Crippen molar-refractivity contribution in [1.82, 2.24) is 15.1 Å². The van der Waals surface area contributed by atoms with Gasteiger partial charge in [-0.3, -0.25) is 4.68 Å². The molecule has 5 heteroatoms. The van der Waals surface area contributed by atoms with Crippen molar-refractivity contribution in [2.45, 2.75) is 39.8 Å². The molecule has 0 saturated heterocycles. The first-order chi connectivity index (χ1) is 8.76. The van der Waals surface area contributed by atoms with Crippen molar-refractivity contribution in [3.8, 4) is 0 Å². The van der Waals surface area contributed by atoms with E-state index >= 15 is 0 Å². The standard InChI is InChI=1S/C14H28N4S/c1-11-12(10-15-14(2,3)4)13(18(6)16-11)17(5)8-9-19-7/h15H,8-10H2,1-7H3. The maximum Gasteiger partial charge on any atom is 0.131 e. The summed E-state index contributed by atoms with van der Waals surface area (Å²) in [6, 6.07) is 0. The average molecular weight is 284 g/mol. The van der Waals surface area contributed by atoms with Gasteiger partial charge < -0.3 is 10.2 Å². The number of aromatic nitrogens is 2. The second-order valence-corrected chi connectivity index (χ2v) is 7.01. The summed E-state index contributed by atoms with van der Waals surface area (Å²) in [7, 11) is 4.17. The number of nitrogens with zero attached hydrogens (tertiary/aromatic N) is 3. The molecule has 0 atom stereocenters. The molecule has 0 unspecified atom stereocenters. The predicted octanol–water partition coefficient (Wildman–Crippen LogP) is 2.42. The highest BCUT2D eigenvalue weighted by atomic mass is 32.2. The Labute approximate surface area is 121 Å². The molecular weight excluding hydrogens is 256 g/mol. The molecule has 0 aromatic carbocycles. The zero-order valence-corrected chi connectivity index (χ0v) is 14.2. The van der Waals surface area contributed by atoms with Gasteiger partial charge in [0.05, 0.1) is 5.69 Å². The van der Waals surface area contributed by atoms with Gasteiger partial charge in [-0.2, -0.15) is 16.9 Å². The maximum atomic E-state index is 4.57. The molecule has 0 aliphatic carbocycles. The van der Waals surface area contributed by atoms with E-state index < -0.39 is 0 Å². The van der Waals surface area contributed by atoms with E-state index in [1.54, 1.807) is 0 Å². The summed E-state index contributed by atoms with van der Waals surface area (Å²) >= 11 is 1.87. The zero-order chi connectivity index (χ0) is 14.6. The third kappa shape index (κ3) is 4.73. The second-order valence-electron chi connectivity index (χ2n) is 6.03. The molecule has 4 nitrogen and oxygen atoms in total. The molecule has 1 rings (SSSR count). The predicted molar refractivity (Wildman–Crippen MR) is 86.2 cm³/mol. The monoisotopic (exact) mass is 284 g/mol. The number of anilines is 1. The van der Waals surface area contributed by atoms with Crippen LogP contribution in [0.4, 0.5) is 5.82 Å². The van der Waals surface area contributed by atoms with Gasteiger partial charge in [0.25, 0.3) is 0 Å².